The molecule has 1 aromatic heterocycles. The lowest BCUT2D eigenvalue weighted by Crippen LogP contribution is -2.21. The van der Waals surface area contributed by atoms with E-state index in [1.165, 1.54) is 50.6 Å². The second-order valence-corrected chi connectivity index (χ2v) is 6.19. The van der Waals surface area contributed by atoms with Gasteiger partial charge in [-0.25, -0.2) is 0 Å². The summed E-state index contributed by atoms with van der Waals surface area (Å²) in [7, 11) is 0. The van der Waals surface area contributed by atoms with Crippen LogP contribution in [0.2, 0.25) is 0 Å². The Bertz CT molecular complexity index is 331. The predicted molar refractivity (Wildman–Crippen MR) is 86.8 cm³/mol. The molecule has 0 bridgehead atoms. The van der Waals surface area contributed by atoms with Crippen molar-refractivity contribution in [2.75, 3.05) is 6.54 Å². The van der Waals surface area contributed by atoms with Crippen LogP contribution in [0.3, 0.4) is 0 Å². The van der Waals surface area contributed by atoms with E-state index < -0.39 is 0 Å². The molecule has 0 fully saturated rings. The zero-order chi connectivity index (χ0) is 14.6. The molecule has 1 heterocycles. The van der Waals surface area contributed by atoms with Crippen LogP contribution >= 0.6 is 0 Å². The summed E-state index contributed by atoms with van der Waals surface area (Å²) in [6, 6.07) is 2.13. The summed E-state index contributed by atoms with van der Waals surface area (Å²) >= 11 is 0. The van der Waals surface area contributed by atoms with Crippen molar-refractivity contribution in [1.29, 1.82) is 0 Å². The molecule has 1 aromatic rings. The summed E-state index contributed by atoms with van der Waals surface area (Å²) < 4.78 is 2.17. The van der Waals surface area contributed by atoms with Crippen molar-refractivity contribution in [1.82, 2.24) is 15.1 Å². The topological polar surface area (TPSA) is 29.9 Å². The van der Waals surface area contributed by atoms with Crippen molar-refractivity contribution in [3.8, 4) is 0 Å². The van der Waals surface area contributed by atoms with Gasteiger partial charge in [0.15, 0.2) is 0 Å². The fourth-order valence-electron chi connectivity index (χ4n) is 2.42. The van der Waals surface area contributed by atoms with Crippen LogP contribution in [-0.2, 0) is 13.1 Å². The highest BCUT2D eigenvalue weighted by Crippen LogP contribution is 2.08. The summed E-state index contributed by atoms with van der Waals surface area (Å²) in [6.45, 7) is 9.83. The van der Waals surface area contributed by atoms with E-state index in [1.54, 1.807) is 0 Å². The average Bonchev–Trinajstić information content (AvgIpc) is 2.85. The average molecular weight is 279 g/mol. The highest BCUT2D eigenvalue weighted by atomic mass is 15.3. The second kappa shape index (κ2) is 10.9. The lowest BCUT2D eigenvalue weighted by atomic mass is 10.1. The first-order chi connectivity index (χ1) is 9.74. The Morgan fingerprint density at radius 2 is 1.80 bits per heavy atom. The molecule has 0 aromatic carbocycles. The van der Waals surface area contributed by atoms with Crippen LogP contribution in [0.4, 0.5) is 0 Å². The van der Waals surface area contributed by atoms with Gasteiger partial charge >= 0.3 is 0 Å². The molecule has 1 N–H and O–H groups in total. The lowest BCUT2D eigenvalue weighted by molar-refractivity contribution is 0.489. The molecule has 0 saturated carbocycles. The smallest absolute Gasteiger partial charge is 0.0522 e. The minimum Gasteiger partial charge on any atom is -0.311 e. The molecule has 0 spiro atoms. The zero-order valence-corrected chi connectivity index (χ0v) is 13.7. The number of nitrogens with zero attached hydrogens (tertiary/aromatic N) is 2. The first-order valence-corrected chi connectivity index (χ1v) is 8.45. The predicted octanol–water partition coefficient (Wildman–Crippen LogP) is 4.38. The van der Waals surface area contributed by atoms with Crippen molar-refractivity contribution in [2.45, 2.75) is 78.8 Å². The molecular formula is C17H33N3. The van der Waals surface area contributed by atoms with Gasteiger partial charge in [-0.3, -0.25) is 4.68 Å². The van der Waals surface area contributed by atoms with E-state index in [4.69, 9.17) is 0 Å². The molecular weight excluding hydrogens is 246 g/mol. The SMILES string of the molecule is CCCCCCCCCn1nccc1CNCC(C)C. The third-order valence-electron chi connectivity index (χ3n) is 3.64. The highest BCUT2D eigenvalue weighted by Gasteiger charge is 2.02. The van der Waals surface area contributed by atoms with E-state index in [-0.39, 0.29) is 0 Å². The van der Waals surface area contributed by atoms with Gasteiger partial charge in [0.2, 0.25) is 0 Å². The molecule has 116 valence electrons. The summed E-state index contributed by atoms with van der Waals surface area (Å²) in [5.41, 5.74) is 1.32. The Labute approximate surface area is 125 Å². The first-order valence-electron chi connectivity index (χ1n) is 8.45. The standard InChI is InChI=1S/C17H33N3/c1-4-5-6-7-8-9-10-13-20-17(11-12-19-20)15-18-14-16(2)3/h11-12,16,18H,4-10,13-15H2,1-3H3. The molecule has 3 nitrogen and oxygen atoms in total. The van der Waals surface area contributed by atoms with Gasteiger partial charge in [0.1, 0.15) is 0 Å². The summed E-state index contributed by atoms with van der Waals surface area (Å²) in [4.78, 5) is 0. The number of nitrogens with one attached hydrogen (secondary N) is 1. The largest absolute Gasteiger partial charge is 0.311 e. The van der Waals surface area contributed by atoms with Crippen molar-refractivity contribution >= 4 is 0 Å². The minimum atomic E-state index is 0.703. The lowest BCUT2D eigenvalue weighted by Gasteiger charge is -2.10. The normalized spacial score (nSPS) is 11.4. The van der Waals surface area contributed by atoms with Gasteiger partial charge in [-0.05, 0) is 24.9 Å². The van der Waals surface area contributed by atoms with Crippen molar-refractivity contribution < 1.29 is 0 Å². The summed E-state index contributed by atoms with van der Waals surface area (Å²) in [6.07, 6.45) is 11.4. The Balaban J connectivity index is 2.12. The van der Waals surface area contributed by atoms with Crippen LogP contribution < -0.4 is 5.32 Å². The van der Waals surface area contributed by atoms with E-state index >= 15 is 0 Å². The van der Waals surface area contributed by atoms with Crippen LogP contribution in [0.5, 0.6) is 0 Å². The maximum absolute atomic E-state index is 4.44. The van der Waals surface area contributed by atoms with Crippen LogP contribution in [0.25, 0.3) is 0 Å². The maximum Gasteiger partial charge on any atom is 0.0522 e. The molecule has 0 aliphatic heterocycles. The fourth-order valence-corrected chi connectivity index (χ4v) is 2.42. The molecule has 0 atom stereocenters. The zero-order valence-electron chi connectivity index (χ0n) is 13.7. The summed E-state index contributed by atoms with van der Waals surface area (Å²) in [5.74, 6) is 0.703. The van der Waals surface area contributed by atoms with Gasteiger partial charge in [-0.15, -0.1) is 0 Å². The number of unbranched alkanes of at least 4 members (excludes halogenated alkanes) is 6. The van der Waals surface area contributed by atoms with Gasteiger partial charge in [0, 0.05) is 19.3 Å². The Kier molecular flexibility index (Phi) is 9.38. The molecule has 20 heavy (non-hydrogen) atoms. The van der Waals surface area contributed by atoms with E-state index in [2.05, 4.69) is 41.9 Å². The van der Waals surface area contributed by atoms with Crippen molar-refractivity contribution in [3.63, 3.8) is 0 Å². The van der Waals surface area contributed by atoms with Crippen LogP contribution in [-0.4, -0.2) is 16.3 Å². The van der Waals surface area contributed by atoms with Crippen molar-refractivity contribution in [2.24, 2.45) is 5.92 Å². The molecule has 1 rings (SSSR count). The number of aryl methyl sites for hydroxylation is 1. The monoisotopic (exact) mass is 279 g/mol. The van der Waals surface area contributed by atoms with Gasteiger partial charge in [0.25, 0.3) is 0 Å². The summed E-state index contributed by atoms with van der Waals surface area (Å²) in [5, 5.41) is 7.93. The fraction of sp³-hybridized carbons (Fsp3) is 0.824. The van der Waals surface area contributed by atoms with Gasteiger partial charge in [-0.2, -0.15) is 5.10 Å². The number of hydrogen-bond acceptors (Lipinski definition) is 2. The third kappa shape index (κ3) is 7.68. The number of rotatable bonds is 12. The minimum absolute atomic E-state index is 0.703. The van der Waals surface area contributed by atoms with Gasteiger partial charge < -0.3 is 5.32 Å². The Morgan fingerprint density at radius 3 is 2.50 bits per heavy atom. The molecule has 0 amide bonds. The molecule has 0 aliphatic carbocycles. The Hall–Kier alpha value is -0.830. The molecule has 0 radical (unpaired) electrons. The quantitative estimate of drug-likeness (QED) is 0.575. The Morgan fingerprint density at radius 1 is 1.10 bits per heavy atom. The number of aromatic nitrogens is 2. The van der Waals surface area contributed by atoms with E-state index in [9.17, 15) is 0 Å². The van der Waals surface area contributed by atoms with Crippen LogP contribution in [0, 0.1) is 5.92 Å². The molecule has 0 unspecified atom stereocenters. The highest BCUT2D eigenvalue weighted by molar-refractivity contribution is 4.99. The van der Waals surface area contributed by atoms with E-state index in [1.807, 2.05) is 6.20 Å². The molecule has 3 heteroatoms. The molecule has 0 aliphatic rings. The van der Waals surface area contributed by atoms with Crippen LogP contribution in [0.1, 0.15) is 71.4 Å². The third-order valence-corrected chi connectivity index (χ3v) is 3.64. The van der Waals surface area contributed by atoms with Crippen LogP contribution in [0.15, 0.2) is 12.3 Å². The first kappa shape index (κ1) is 17.2. The molecule has 0 saturated heterocycles. The number of hydrogen-bond donors (Lipinski definition) is 1. The van der Waals surface area contributed by atoms with Crippen molar-refractivity contribution in [3.05, 3.63) is 18.0 Å². The van der Waals surface area contributed by atoms with E-state index in [0.29, 0.717) is 5.92 Å². The second-order valence-electron chi connectivity index (χ2n) is 6.19. The van der Waals surface area contributed by atoms with Gasteiger partial charge in [0.05, 0.1) is 5.69 Å². The van der Waals surface area contributed by atoms with E-state index in [0.717, 1.165) is 19.6 Å². The maximum atomic E-state index is 4.44. The van der Waals surface area contributed by atoms with Gasteiger partial charge in [-0.1, -0.05) is 59.3 Å².